The smallest absolute Gasteiger partial charge is 0.129 e. The van der Waals surface area contributed by atoms with Crippen molar-refractivity contribution in [2.45, 2.75) is 6.42 Å². The molecule has 23 heavy (non-hydrogen) atoms. The van der Waals surface area contributed by atoms with Gasteiger partial charge in [-0.1, -0.05) is 15.9 Å². The van der Waals surface area contributed by atoms with Crippen LogP contribution >= 0.6 is 15.9 Å². The Kier molecular flexibility index (Phi) is 4.51. The molecular weight excluding hydrogens is 354 g/mol. The number of hydrogen-bond donors (Lipinski definition) is 0. The third kappa shape index (κ3) is 3.52. The second-order valence-electron chi connectivity index (χ2n) is 6.52. The van der Waals surface area contributed by atoms with Crippen LogP contribution in [0, 0.1) is 5.92 Å². The number of nitrogens with zero attached hydrogens (tertiary/aromatic N) is 3. The lowest BCUT2D eigenvalue weighted by Gasteiger charge is -2.36. The molecule has 2 aliphatic rings. The van der Waals surface area contributed by atoms with Crippen molar-refractivity contribution < 1.29 is 4.74 Å². The summed E-state index contributed by atoms with van der Waals surface area (Å²) in [5.41, 5.74) is 1.07. The van der Waals surface area contributed by atoms with Crippen molar-refractivity contribution in [3.8, 4) is 0 Å². The van der Waals surface area contributed by atoms with Crippen molar-refractivity contribution in [2.24, 2.45) is 5.92 Å². The van der Waals surface area contributed by atoms with Gasteiger partial charge >= 0.3 is 0 Å². The van der Waals surface area contributed by atoms with Gasteiger partial charge in [0.2, 0.25) is 0 Å². The van der Waals surface area contributed by atoms with E-state index in [4.69, 9.17) is 9.72 Å². The molecule has 0 amide bonds. The Morgan fingerprint density at radius 3 is 2.78 bits per heavy atom. The summed E-state index contributed by atoms with van der Waals surface area (Å²) in [6.45, 7) is 7.44. The number of halogens is 1. The van der Waals surface area contributed by atoms with Crippen molar-refractivity contribution in [2.75, 3.05) is 50.8 Å². The van der Waals surface area contributed by atoms with E-state index >= 15 is 0 Å². The number of piperazine rings is 1. The van der Waals surface area contributed by atoms with Gasteiger partial charge in [0.1, 0.15) is 5.82 Å². The van der Waals surface area contributed by atoms with Crippen LogP contribution in [0.25, 0.3) is 10.9 Å². The summed E-state index contributed by atoms with van der Waals surface area (Å²) in [5.74, 6) is 1.84. The van der Waals surface area contributed by atoms with Gasteiger partial charge in [-0.05, 0) is 42.7 Å². The van der Waals surface area contributed by atoms with Crippen LogP contribution in [0.5, 0.6) is 0 Å². The van der Waals surface area contributed by atoms with Crippen LogP contribution in [0.2, 0.25) is 0 Å². The van der Waals surface area contributed by atoms with E-state index in [1.807, 2.05) is 0 Å². The summed E-state index contributed by atoms with van der Waals surface area (Å²) in [6, 6.07) is 10.6. The van der Waals surface area contributed by atoms with Gasteiger partial charge in [0.05, 0.1) is 12.1 Å². The molecule has 2 saturated heterocycles. The molecule has 1 atom stereocenters. The van der Waals surface area contributed by atoms with Crippen LogP contribution in [-0.2, 0) is 4.74 Å². The minimum Gasteiger partial charge on any atom is -0.381 e. The molecule has 0 spiro atoms. The van der Waals surface area contributed by atoms with Gasteiger partial charge in [-0.3, -0.25) is 4.90 Å². The average molecular weight is 376 g/mol. The highest BCUT2D eigenvalue weighted by molar-refractivity contribution is 9.10. The molecule has 2 fully saturated rings. The van der Waals surface area contributed by atoms with Crippen molar-refractivity contribution in [1.29, 1.82) is 0 Å². The molecule has 0 bridgehead atoms. The van der Waals surface area contributed by atoms with Crippen LogP contribution in [0.3, 0.4) is 0 Å². The summed E-state index contributed by atoms with van der Waals surface area (Å²) < 4.78 is 6.59. The standard InChI is InChI=1S/C18H22BrN3O/c19-16-2-3-17-15(11-16)1-4-18(20-17)22-8-6-21(7-9-22)12-14-5-10-23-13-14/h1-4,11,14H,5-10,12-13H2. The quantitative estimate of drug-likeness (QED) is 0.823. The molecule has 122 valence electrons. The van der Waals surface area contributed by atoms with Crippen LogP contribution in [-0.4, -0.2) is 55.8 Å². The lowest BCUT2D eigenvalue weighted by Crippen LogP contribution is -2.48. The fourth-order valence-electron chi connectivity index (χ4n) is 3.51. The van der Waals surface area contributed by atoms with Crippen LogP contribution in [0.1, 0.15) is 6.42 Å². The molecule has 0 radical (unpaired) electrons. The predicted molar refractivity (Wildman–Crippen MR) is 97.0 cm³/mol. The predicted octanol–water partition coefficient (Wildman–Crippen LogP) is 3.16. The van der Waals surface area contributed by atoms with E-state index in [0.29, 0.717) is 0 Å². The number of hydrogen-bond acceptors (Lipinski definition) is 4. The molecule has 2 aromatic rings. The van der Waals surface area contributed by atoms with Crippen molar-refractivity contribution in [3.05, 3.63) is 34.8 Å². The van der Waals surface area contributed by atoms with Gasteiger partial charge in [-0.15, -0.1) is 0 Å². The monoisotopic (exact) mass is 375 g/mol. The highest BCUT2D eigenvalue weighted by Gasteiger charge is 2.23. The van der Waals surface area contributed by atoms with Gasteiger partial charge < -0.3 is 9.64 Å². The van der Waals surface area contributed by atoms with Crippen LogP contribution < -0.4 is 4.90 Å². The van der Waals surface area contributed by atoms with Crippen molar-refractivity contribution in [1.82, 2.24) is 9.88 Å². The topological polar surface area (TPSA) is 28.6 Å². The highest BCUT2D eigenvalue weighted by Crippen LogP contribution is 2.23. The highest BCUT2D eigenvalue weighted by atomic mass is 79.9. The Balaban J connectivity index is 1.40. The number of aromatic nitrogens is 1. The minimum atomic E-state index is 0.735. The van der Waals surface area contributed by atoms with Gasteiger partial charge in [0, 0.05) is 49.2 Å². The second kappa shape index (κ2) is 6.75. The molecule has 0 saturated carbocycles. The summed E-state index contributed by atoms with van der Waals surface area (Å²) in [6.07, 6.45) is 1.22. The third-order valence-corrected chi connectivity index (χ3v) is 5.37. The van der Waals surface area contributed by atoms with Gasteiger partial charge in [-0.25, -0.2) is 4.98 Å². The molecule has 1 unspecified atom stereocenters. The molecule has 2 aliphatic heterocycles. The first-order chi connectivity index (χ1) is 11.3. The number of ether oxygens (including phenoxy) is 1. The zero-order chi connectivity index (χ0) is 15.6. The maximum atomic E-state index is 5.49. The van der Waals surface area contributed by atoms with E-state index in [2.05, 4.69) is 56.1 Å². The summed E-state index contributed by atoms with van der Waals surface area (Å²) in [5, 5.41) is 1.18. The van der Waals surface area contributed by atoms with Gasteiger partial charge in [0.15, 0.2) is 0 Å². The lowest BCUT2D eigenvalue weighted by atomic mass is 10.1. The fraction of sp³-hybridized carbons (Fsp3) is 0.500. The Morgan fingerprint density at radius 2 is 2.00 bits per heavy atom. The summed E-state index contributed by atoms with van der Waals surface area (Å²) >= 11 is 3.52. The molecule has 4 rings (SSSR count). The van der Waals surface area contributed by atoms with E-state index in [1.54, 1.807) is 0 Å². The van der Waals surface area contributed by atoms with Gasteiger partial charge in [-0.2, -0.15) is 0 Å². The Morgan fingerprint density at radius 1 is 1.13 bits per heavy atom. The SMILES string of the molecule is Brc1ccc2nc(N3CCN(CC4CCOC4)CC3)ccc2c1. The fourth-order valence-corrected chi connectivity index (χ4v) is 3.89. The summed E-state index contributed by atoms with van der Waals surface area (Å²) in [7, 11) is 0. The largest absolute Gasteiger partial charge is 0.381 e. The first kappa shape index (κ1) is 15.4. The minimum absolute atomic E-state index is 0.735. The Labute approximate surface area is 145 Å². The van der Waals surface area contributed by atoms with Crippen molar-refractivity contribution >= 4 is 32.7 Å². The number of rotatable bonds is 3. The Hall–Kier alpha value is -1.17. The molecule has 0 aliphatic carbocycles. The molecule has 0 N–H and O–H groups in total. The van der Waals surface area contributed by atoms with E-state index in [1.165, 1.54) is 18.4 Å². The van der Waals surface area contributed by atoms with E-state index in [-0.39, 0.29) is 0 Å². The first-order valence-electron chi connectivity index (χ1n) is 8.39. The molecule has 3 heterocycles. The second-order valence-corrected chi connectivity index (χ2v) is 7.44. The van der Waals surface area contributed by atoms with E-state index in [0.717, 1.165) is 61.1 Å². The average Bonchev–Trinajstić information content (AvgIpc) is 3.08. The maximum Gasteiger partial charge on any atom is 0.129 e. The summed E-state index contributed by atoms with van der Waals surface area (Å²) in [4.78, 5) is 9.82. The van der Waals surface area contributed by atoms with Crippen LogP contribution in [0.4, 0.5) is 5.82 Å². The maximum absolute atomic E-state index is 5.49. The number of anilines is 1. The molecule has 1 aromatic heterocycles. The molecular formula is C18H22BrN3O. The Bertz CT molecular complexity index is 679. The van der Waals surface area contributed by atoms with E-state index < -0.39 is 0 Å². The molecule has 4 nitrogen and oxygen atoms in total. The molecule has 1 aromatic carbocycles. The zero-order valence-electron chi connectivity index (χ0n) is 13.2. The van der Waals surface area contributed by atoms with Crippen molar-refractivity contribution in [3.63, 3.8) is 0 Å². The number of fused-ring (bicyclic) bond motifs is 1. The third-order valence-electron chi connectivity index (χ3n) is 4.87. The number of pyridine rings is 1. The first-order valence-corrected chi connectivity index (χ1v) is 9.18. The number of benzene rings is 1. The van der Waals surface area contributed by atoms with Crippen LogP contribution in [0.15, 0.2) is 34.8 Å². The zero-order valence-corrected chi connectivity index (χ0v) is 14.8. The lowest BCUT2D eigenvalue weighted by molar-refractivity contribution is 0.164. The van der Waals surface area contributed by atoms with Gasteiger partial charge in [0.25, 0.3) is 0 Å². The van der Waals surface area contributed by atoms with E-state index in [9.17, 15) is 0 Å². The molecule has 5 heteroatoms. The normalized spacial score (nSPS) is 22.8.